The highest BCUT2D eigenvalue weighted by Crippen LogP contribution is 2.30. The molecule has 3 N–H and O–H groups in total. The molecular weight excluding hydrogens is 566 g/mol. The zero-order valence-electron chi connectivity index (χ0n) is 21.9. The molecule has 1 fully saturated rings. The van der Waals surface area contributed by atoms with Gasteiger partial charge in [-0.2, -0.15) is 13.2 Å². The summed E-state index contributed by atoms with van der Waals surface area (Å²) in [4.78, 5) is 64.6. The molecule has 2 aliphatic rings. The zero-order chi connectivity index (χ0) is 30.8. The van der Waals surface area contributed by atoms with E-state index in [1.807, 2.05) is 0 Å². The molecule has 3 atom stereocenters. The molecule has 1 unspecified atom stereocenters. The van der Waals surface area contributed by atoms with Crippen LogP contribution in [-0.4, -0.2) is 77.6 Å². The fourth-order valence-corrected chi connectivity index (χ4v) is 4.46. The number of fused-ring (bicyclic) bond motifs is 1. The van der Waals surface area contributed by atoms with Gasteiger partial charge < -0.3 is 20.9 Å². The van der Waals surface area contributed by atoms with Crippen LogP contribution >= 0.6 is 0 Å². The van der Waals surface area contributed by atoms with E-state index in [0.29, 0.717) is 25.0 Å². The van der Waals surface area contributed by atoms with Gasteiger partial charge >= 0.3 is 24.4 Å². The van der Waals surface area contributed by atoms with Crippen LogP contribution in [-0.2, 0) is 41.7 Å². The number of nitrogens with one attached hydrogen (secondary N) is 3. The Hall–Kier alpha value is -3.69. The molecule has 41 heavy (non-hydrogen) atoms. The number of alkyl halides is 6. The maximum Gasteiger partial charge on any atom is 0.522 e. The third-order valence-corrected chi connectivity index (χ3v) is 6.91. The fraction of sp³-hybridized carbons (Fsp3) is 0.560. The van der Waals surface area contributed by atoms with Crippen molar-refractivity contribution >= 4 is 29.4 Å². The minimum atomic E-state index is -5.15. The SMILES string of the molecule is CC(C)(NC(=O)C(=O)N1Cc2ccccc2C[C@H]1C(=O)NC(C[C@@H]1CCNC1=O)C(=O)COC(F)(F)F)C(F)(F)F. The molecule has 0 aliphatic carbocycles. The molecule has 2 aliphatic heterocycles. The van der Waals surface area contributed by atoms with Crippen molar-refractivity contribution < 1.29 is 55.1 Å². The van der Waals surface area contributed by atoms with Gasteiger partial charge in [-0.15, -0.1) is 13.2 Å². The first-order valence-corrected chi connectivity index (χ1v) is 12.5. The normalized spacial score (nSPS) is 20.1. The number of rotatable bonds is 8. The Kier molecular flexibility index (Phi) is 9.35. The summed E-state index contributed by atoms with van der Waals surface area (Å²) in [6, 6.07) is 3.28. The first kappa shape index (κ1) is 31.8. The summed E-state index contributed by atoms with van der Waals surface area (Å²) in [5.74, 6) is -6.64. The van der Waals surface area contributed by atoms with E-state index < -0.39 is 72.1 Å². The number of Topliss-reactive ketones (excluding diaryl/α,β-unsaturated/α-hetero) is 1. The molecule has 226 valence electrons. The molecule has 1 aromatic carbocycles. The molecule has 1 aromatic rings. The van der Waals surface area contributed by atoms with E-state index >= 15 is 0 Å². The largest absolute Gasteiger partial charge is 0.522 e. The molecule has 0 spiro atoms. The van der Waals surface area contributed by atoms with Gasteiger partial charge in [-0.1, -0.05) is 24.3 Å². The predicted molar refractivity (Wildman–Crippen MR) is 127 cm³/mol. The van der Waals surface area contributed by atoms with Gasteiger partial charge in [0.1, 0.15) is 18.2 Å². The van der Waals surface area contributed by atoms with Crippen LogP contribution in [0.2, 0.25) is 0 Å². The number of ketones is 1. The molecule has 3 rings (SSSR count). The van der Waals surface area contributed by atoms with Gasteiger partial charge in [0, 0.05) is 25.4 Å². The molecule has 10 nitrogen and oxygen atoms in total. The van der Waals surface area contributed by atoms with Crippen LogP contribution in [0.4, 0.5) is 26.3 Å². The first-order valence-electron chi connectivity index (χ1n) is 12.5. The van der Waals surface area contributed by atoms with Crippen molar-refractivity contribution in [3.8, 4) is 0 Å². The van der Waals surface area contributed by atoms with Crippen LogP contribution in [0.5, 0.6) is 0 Å². The third-order valence-electron chi connectivity index (χ3n) is 6.91. The lowest BCUT2D eigenvalue weighted by atomic mass is 9.92. The number of amides is 4. The fourth-order valence-electron chi connectivity index (χ4n) is 4.46. The van der Waals surface area contributed by atoms with Crippen molar-refractivity contribution in [3.63, 3.8) is 0 Å². The number of hydrogen-bond donors (Lipinski definition) is 3. The van der Waals surface area contributed by atoms with Crippen LogP contribution in [0.25, 0.3) is 0 Å². The Balaban J connectivity index is 1.87. The van der Waals surface area contributed by atoms with Gasteiger partial charge in [0.25, 0.3) is 0 Å². The third kappa shape index (κ3) is 7.95. The average Bonchev–Trinajstić information content (AvgIpc) is 3.28. The van der Waals surface area contributed by atoms with Gasteiger partial charge in [-0.3, -0.25) is 28.7 Å². The molecule has 0 radical (unpaired) electrons. The van der Waals surface area contributed by atoms with E-state index in [2.05, 4.69) is 15.4 Å². The lowest BCUT2D eigenvalue weighted by molar-refractivity contribution is -0.321. The molecule has 16 heteroatoms. The van der Waals surface area contributed by atoms with Crippen molar-refractivity contribution in [3.05, 3.63) is 35.4 Å². The van der Waals surface area contributed by atoms with Crippen molar-refractivity contribution in [2.24, 2.45) is 5.92 Å². The van der Waals surface area contributed by atoms with Crippen molar-refractivity contribution in [2.45, 2.75) is 69.8 Å². The number of benzene rings is 1. The lowest BCUT2D eigenvalue weighted by Gasteiger charge is -2.37. The predicted octanol–water partition coefficient (Wildman–Crippen LogP) is 1.51. The first-order chi connectivity index (χ1) is 18.9. The van der Waals surface area contributed by atoms with Gasteiger partial charge in [0.05, 0.1) is 6.04 Å². The number of halogens is 6. The van der Waals surface area contributed by atoms with E-state index in [4.69, 9.17) is 0 Å². The van der Waals surface area contributed by atoms with Crippen LogP contribution in [0.1, 0.15) is 37.8 Å². The van der Waals surface area contributed by atoms with Crippen molar-refractivity contribution in [1.29, 1.82) is 0 Å². The van der Waals surface area contributed by atoms with E-state index in [-0.39, 0.29) is 32.4 Å². The minimum absolute atomic E-state index is 0.215. The number of ether oxygens (including phenoxy) is 1. The van der Waals surface area contributed by atoms with Gasteiger partial charge in [-0.25, -0.2) is 0 Å². The summed E-state index contributed by atoms with van der Waals surface area (Å²) >= 11 is 0. The van der Waals surface area contributed by atoms with E-state index in [9.17, 15) is 50.3 Å². The Morgan fingerprint density at radius 3 is 2.27 bits per heavy atom. The van der Waals surface area contributed by atoms with Gasteiger partial charge in [0.2, 0.25) is 11.8 Å². The summed E-state index contributed by atoms with van der Waals surface area (Å²) in [5.41, 5.74) is -1.73. The number of hydrogen-bond acceptors (Lipinski definition) is 6. The van der Waals surface area contributed by atoms with E-state index in [1.54, 1.807) is 29.6 Å². The Morgan fingerprint density at radius 1 is 1.07 bits per heavy atom. The minimum Gasteiger partial charge on any atom is -0.356 e. The summed E-state index contributed by atoms with van der Waals surface area (Å²) in [6.45, 7) is -0.275. The van der Waals surface area contributed by atoms with E-state index in [1.165, 1.54) is 0 Å². The Morgan fingerprint density at radius 2 is 1.71 bits per heavy atom. The summed E-state index contributed by atoms with van der Waals surface area (Å²) in [5, 5.41) is 6.40. The second-order valence-electron chi connectivity index (χ2n) is 10.3. The van der Waals surface area contributed by atoms with Crippen molar-refractivity contribution in [1.82, 2.24) is 20.9 Å². The van der Waals surface area contributed by atoms with Gasteiger partial charge in [-0.05, 0) is 37.8 Å². The molecular formula is C25H28F6N4O6. The topological polar surface area (TPSA) is 134 Å². The smallest absolute Gasteiger partial charge is 0.356 e. The van der Waals surface area contributed by atoms with E-state index in [0.717, 1.165) is 4.90 Å². The quantitative estimate of drug-likeness (QED) is 0.309. The molecule has 0 saturated carbocycles. The second kappa shape index (κ2) is 12.0. The monoisotopic (exact) mass is 594 g/mol. The van der Waals surface area contributed by atoms with Crippen LogP contribution < -0.4 is 16.0 Å². The summed E-state index contributed by atoms with van der Waals surface area (Å²) in [6.07, 6.45) is -10.4. The lowest BCUT2D eigenvalue weighted by Crippen LogP contribution is -2.61. The molecule has 0 bridgehead atoms. The second-order valence-corrected chi connectivity index (χ2v) is 10.3. The standard InChI is InChI=1S/C25H28F6N4O6/c1-23(2,24(26,27)28)34-21(39)22(40)35-11-15-6-4-3-5-13(15)10-17(35)20(38)33-16(9-14-7-8-32-19(14)37)18(36)12-41-25(29,30)31/h3-6,14,16-17H,7-12H2,1-2H3,(H,32,37)(H,33,38)(H,34,39)/t14-,16?,17-/m0/s1. The Bertz CT molecular complexity index is 1200. The number of carbonyl (C=O) groups is 5. The molecule has 2 heterocycles. The number of carbonyl (C=O) groups excluding carboxylic acids is 5. The highest BCUT2D eigenvalue weighted by Gasteiger charge is 2.50. The molecule has 4 amide bonds. The zero-order valence-corrected chi connectivity index (χ0v) is 21.9. The van der Waals surface area contributed by atoms with Crippen LogP contribution in [0, 0.1) is 5.92 Å². The summed E-state index contributed by atoms with van der Waals surface area (Å²) in [7, 11) is 0. The Labute approximate surface area is 230 Å². The maximum absolute atomic E-state index is 13.4. The van der Waals surface area contributed by atoms with Crippen LogP contribution in [0.3, 0.4) is 0 Å². The van der Waals surface area contributed by atoms with Crippen molar-refractivity contribution in [2.75, 3.05) is 13.2 Å². The average molecular weight is 595 g/mol. The highest BCUT2D eigenvalue weighted by molar-refractivity contribution is 6.35. The number of nitrogens with zero attached hydrogens (tertiary/aromatic N) is 1. The summed E-state index contributed by atoms with van der Waals surface area (Å²) < 4.78 is 81.2. The molecule has 0 aromatic heterocycles. The van der Waals surface area contributed by atoms with Gasteiger partial charge in [0.15, 0.2) is 5.78 Å². The molecule has 1 saturated heterocycles. The highest BCUT2D eigenvalue weighted by atomic mass is 19.4. The maximum atomic E-state index is 13.4. The van der Waals surface area contributed by atoms with Crippen LogP contribution in [0.15, 0.2) is 24.3 Å².